The smallest absolute Gasteiger partial charge is 0.184 e. The Morgan fingerprint density at radius 3 is 2.58 bits per heavy atom. The molecule has 1 heterocycles. The van der Waals surface area contributed by atoms with E-state index in [4.69, 9.17) is 9.26 Å². The average molecular weight is 519 g/mol. The highest BCUT2D eigenvalue weighted by atomic mass is 16.5. The molecule has 1 unspecified atom stereocenters. The lowest BCUT2D eigenvalue weighted by molar-refractivity contribution is 0.0925. The van der Waals surface area contributed by atoms with Crippen molar-refractivity contribution in [3.8, 4) is 5.75 Å². The van der Waals surface area contributed by atoms with Crippen LogP contribution in [0.2, 0.25) is 0 Å². The summed E-state index contributed by atoms with van der Waals surface area (Å²) in [6, 6.07) is 17.1. The van der Waals surface area contributed by atoms with E-state index in [1.807, 2.05) is 75.3 Å². The maximum atomic E-state index is 12.7. The minimum Gasteiger partial charge on any atom is -0.516 e. The van der Waals surface area contributed by atoms with Gasteiger partial charge in [-0.05, 0) is 49.1 Å². The van der Waals surface area contributed by atoms with Crippen molar-refractivity contribution in [1.29, 1.82) is 0 Å². The maximum Gasteiger partial charge on any atom is 0.184 e. The number of hydrogen-bond donors (Lipinski definition) is 1. The molecule has 7 nitrogen and oxygen atoms in total. The third kappa shape index (κ3) is 8.07. The van der Waals surface area contributed by atoms with E-state index in [9.17, 15) is 14.7 Å². The average Bonchev–Trinajstić information content (AvgIpc) is 3.39. The second-order valence-electron chi connectivity index (χ2n) is 9.82. The lowest BCUT2D eigenvalue weighted by atomic mass is 9.96. The second kappa shape index (κ2) is 14.2. The van der Waals surface area contributed by atoms with Crippen molar-refractivity contribution in [2.24, 2.45) is 11.8 Å². The van der Waals surface area contributed by atoms with Gasteiger partial charge in [0, 0.05) is 50.4 Å². The van der Waals surface area contributed by atoms with E-state index in [2.05, 4.69) is 5.16 Å². The van der Waals surface area contributed by atoms with E-state index >= 15 is 0 Å². The van der Waals surface area contributed by atoms with E-state index in [1.165, 1.54) is 0 Å². The Kier molecular flexibility index (Phi) is 10.7. The summed E-state index contributed by atoms with van der Waals surface area (Å²) in [7, 11) is 3.82. The lowest BCUT2D eigenvalue weighted by Crippen LogP contribution is -2.16. The highest BCUT2D eigenvalue weighted by Crippen LogP contribution is 2.30. The van der Waals surface area contributed by atoms with Crippen molar-refractivity contribution >= 4 is 17.3 Å². The van der Waals surface area contributed by atoms with Gasteiger partial charge in [0.15, 0.2) is 11.6 Å². The number of anilines is 1. The summed E-state index contributed by atoms with van der Waals surface area (Å²) >= 11 is 0. The predicted molar refractivity (Wildman–Crippen MR) is 149 cm³/mol. The molecule has 2 atom stereocenters. The molecule has 0 saturated heterocycles. The van der Waals surface area contributed by atoms with Crippen LogP contribution in [0.5, 0.6) is 5.75 Å². The number of rotatable bonds is 15. The molecule has 3 rings (SSSR count). The minimum atomic E-state index is -0.0878. The van der Waals surface area contributed by atoms with E-state index in [1.54, 1.807) is 18.2 Å². The summed E-state index contributed by atoms with van der Waals surface area (Å²) in [6.45, 7) is 4.27. The zero-order valence-corrected chi connectivity index (χ0v) is 22.7. The molecule has 0 saturated carbocycles. The number of aliphatic hydroxyl groups excluding tert-OH is 1. The molecule has 2 aromatic carbocycles. The highest BCUT2D eigenvalue weighted by molar-refractivity contribution is 5.98. The molecule has 1 N–H and O–H groups in total. The number of aromatic nitrogens is 1. The number of aliphatic hydroxyl groups is 1. The molecule has 0 spiro atoms. The molecule has 7 heteroatoms. The van der Waals surface area contributed by atoms with Crippen LogP contribution in [0.15, 0.2) is 71.5 Å². The molecule has 0 aliphatic carbocycles. The SMILES string of the molecule is CCC(C)C(=O)c1ccc(OC[C@@H](/C=C\O)CCCC(=O)c2cc(Cc3ccccc3)on2)c(N(C)C)c1. The van der Waals surface area contributed by atoms with Crippen molar-refractivity contribution in [2.75, 3.05) is 25.6 Å². The Morgan fingerprint density at radius 1 is 1.13 bits per heavy atom. The van der Waals surface area contributed by atoms with Crippen molar-refractivity contribution in [3.05, 3.63) is 89.5 Å². The van der Waals surface area contributed by atoms with Crippen molar-refractivity contribution in [2.45, 2.75) is 46.0 Å². The van der Waals surface area contributed by atoms with Gasteiger partial charge < -0.3 is 19.3 Å². The second-order valence-corrected chi connectivity index (χ2v) is 9.82. The maximum absolute atomic E-state index is 12.7. The molecule has 0 bridgehead atoms. The monoisotopic (exact) mass is 518 g/mol. The first kappa shape index (κ1) is 28.7. The first-order valence-electron chi connectivity index (χ1n) is 13.1. The van der Waals surface area contributed by atoms with Crippen LogP contribution >= 0.6 is 0 Å². The van der Waals surface area contributed by atoms with Gasteiger partial charge in [0.2, 0.25) is 0 Å². The van der Waals surface area contributed by atoms with Crippen LogP contribution in [0, 0.1) is 11.8 Å². The topological polar surface area (TPSA) is 92.9 Å². The molecule has 0 aliphatic heterocycles. The van der Waals surface area contributed by atoms with E-state index in [-0.39, 0.29) is 23.4 Å². The summed E-state index contributed by atoms with van der Waals surface area (Å²) in [5.74, 6) is 1.24. The van der Waals surface area contributed by atoms with Gasteiger partial charge in [0.1, 0.15) is 17.2 Å². The molecular weight excluding hydrogens is 480 g/mol. The highest BCUT2D eigenvalue weighted by Gasteiger charge is 2.18. The molecule has 1 aromatic heterocycles. The summed E-state index contributed by atoms with van der Waals surface area (Å²) in [6.07, 6.45) is 5.66. The number of benzene rings is 2. The van der Waals surface area contributed by atoms with Gasteiger partial charge in [0.25, 0.3) is 0 Å². The number of carbonyl (C=O) groups is 2. The van der Waals surface area contributed by atoms with Crippen molar-refractivity contribution in [3.63, 3.8) is 0 Å². The van der Waals surface area contributed by atoms with Gasteiger partial charge in [-0.15, -0.1) is 0 Å². The quantitative estimate of drug-likeness (QED) is 0.177. The van der Waals surface area contributed by atoms with E-state index < -0.39 is 0 Å². The number of nitrogens with zero attached hydrogens (tertiary/aromatic N) is 2. The van der Waals surface area contributed by atoms with Crippen LogP contribution in [0.25, 0.3) is 0 Å². The zero-order valence-electron chi connectivity index (χ0n) is 22.7. The first-order valence-corrected chi connectivity index (χ1v) is 13.1. The lowest BCUT2D eigenvalue weighted by Gasteiger charge is -2.21. The molecule has 0 aliphatic rings. The summed E-state index contributed by atoms with van der Waals surface area (Å²) < 4.78 is 11.5. The number of carbonyl (C=O) groups excluding carboxylic acids is 2. The van der Waals surface area contributed by atoms with Crippen molar-refractivity contribution in [1.82, 2.24) is 5.16 Å². The fraction of sp³-hybridized carbons (Fsp3) is 0.387. The van der Waals surface area contributed by atoms with Gasteiger partial charge in [-0.25, -0.2) is 0 Å². The number of ketones is 2. The predicted octanol–water partition coefficient (Wildman–Crippen LogP) is 6.68. The van der Waals surface area contributed by atoms with E-state index in [0.29, 0.717) is 55.1 Å². The summed E-state index contributed by atoms with van der Waals surface area (Å²) in [5.41, 5.74) is 2.92. The third-order valence-electron chi connectivity index (χ3n) is 6.64. The van der Waals surface area contributed by atoms with Crippen LogP contribution in [0.4, 0.5) is 5.69 Å². The first-order chi connectivity index (χ1) is 18.3. The Balaban J connectivity index is 1.55. The van der Waals surface area contributed by atoms with Gasteiger partial charge in [0.05, 0.1) is 18.6 Å². The zero-order chi connectivity index (χ0) is 27.5. The molecular formula is C31H38N2O5. The van der Waals surface area contributed by atoms with Crippen LogP contribution in [-0.4, -0.2) is 42.5 Å². The van der Waals surface area contributed by atoms with Crippen LogP contribution in [0.1, 0.15) is 71.7 Å². The number of ether oxygens (including phenoxy) is 1. The van der Waals surface area contributed by atoms with Crippen LogP contribution in [-0.2, 0) is 6.42 Å². The summed E-state index contributed by atoms with van der Waals surface area (Å²) in [4.78, 5) is 27.2. The molecule has 0 amide bonds. The standard InChI is InChI=1S/C31H38N2O5/c1-5-22(2)31(36)25-14-15-30(28(19-25)33(3)4)37-21-24(16-17-34)12-9-13-29(35)27-20-26(38-32-27)18-23-10-7-6-8-11-23/h6-8,10-11,14-17,19-20,22,24,34H,5,9,12-13,18,21H2,1-4H3/b17-16-/t22?,24-/m1/s1. The molecule has 0 radical (unpaired) electrons. The van der Waals surface area contributed by atoms with Crippen LogP contribution in [0.3, 0.4) is 0 Å². The Hall–Kier alpha value is -3.87. The molecule has 0 fully saturated rings. The van der Waals surface area contributed by atoms with Gasteiger partial charge in [-0.2, -0.15) is 0 Å². The van der Waals surface area contributed by atoms with Gasteiger partial charge in [-0.1, -0.05) is 49.3 Å². The Morgan fingerprint density at radius 2 is 1.89 bits per heavy atom. The number of hydrogen-bond acceptors (Lipinski definition) is 7. The fourth-order valence-corrected chi connectivity index (χ4v) is 4.14. The van der Waals surface area contributed by atoms with Gasteiger partial charge in [-0.3, -0.25) is 9.59 Å². The number of Topliss-reactive ketones (excluding diaryl/α,β-unsaturated/α-hetero) is 2. The fourth-order valence-electron chi connectivity index (χ4n) is 4.14. The van der Waals surface area contributed by atoms with Gasteiger partial charge >= 0.3 is 0 Å². The Labute approximate surface area is 225 Å². The van der Waals surface area contributed by atoms with Crippen molar-refractivity contribution < 1.29 is 24.0 Å². The molecule has 202 valence electrons. The van der Waals surface area contributed by atoms with Crippen LogP contribution < -0.4 is 9.64 Å². The molecule has 38 heavy (non-hydrogen) atoms. The Bertz CT molecular complexity index is 1220. The minimum absolute atomic E-state index is 0.0359. The third-order valence-corrected chi connectivity index (χ3v) is 6.64. The molecule has 3 aromatic rings. The normalized spacial score (nSPS) is 12.8. The summed E-state index contributed by atoms with van der Waals surface area (Å²) in [5, 5.41) is 13.3. The largest absolute Gasteiger partial charge is 0.516 e. The van der Waals surface area contributed by atoms with E-state index in [0.717, 1.165) is 23.9 Å².